The van der Waals surface area contributed by atoms with E-state index < -0.39 is 0 Å². The van der Waals surface area contributed by atoms with Crippen LogP contribution in [0.4, 0.5) is 0 Å². The number of esters is 1. The first-order valence-corrected chi connectivity index (χ1v) is 10.6. The van der Waals surface area contributed by atoms with Gasteiger partial charge in [-0.05, 0) is 54.0 Å². The molecule has 0 bridgehead atoms. The highest BCUT2D eigenvalue weighted by molar-refractivity contribution is 5.96. The summed E-state index contributed by atoms with van der Waals surface area (Å²) in [5.74, 6) is 0.402. The van der Waals surface area contributed by atoms with Crippen LogP contribution in [0.1, 0.15) is 60.0 Å². The molecule has 1 fully saturated rings. The number of rotatable bonds is 8. The Morgan fingerprint density at radius 3 is 2.28 bits per heavy atom. The molecule has 0 spiro atoms. The van der Waals surface area contributed by atoms with Crippen molar-refractivity contribution in [2.45, 2.75) is 51.4 Å². The molecule has 3 heteroatoms. The maximum absolute atomic E-state index is 13.1. The van der Waals surface area contributed by atoms with Crippen molar-refractivity contribution in [3.63, 3.8) is 0 Å². The molecule has 2 aromatic rings. The molecule has 1 aliphatic carbocycles. The van der Waals surface area contributed by atoms with Crippen LogP contribution in [0.5, 0.6) is 0 Å². The second kappa shape index (κ2) is 10.8. The number of hydrogen-bond donors (Lipinski definition) is 0. The zero-order valence-electron chi connectivity index (χ0n) is 17.2. The maximum Gasteiger partial charge on any atom is 0.337 e. The number of carbonyl (C=O) groups excluding carboxylic acids is 2. The van der Waals surface area contributed by atoms with Gasteiger partial charge in [-0.1, -0.05) is 67.8 Å². The van der Waals surface area contributed by atoms with E-state index in [4.69, 9.17) is 4.74 Å². The number of methoxy groups -OCH3 is 1. The smallest absolute Gasteiger partial charge is 0.337 e. The standard InChI is InChI=1S/C26H30O3/c1-29-26(28)23-15-12-22(13-16-23)19-24(18-21-10-6-3-7-11-21)25(27)17-14-20-8-4-2-5-9-20/h2,4-5,8-9,12-13,15-16,18,21H,3,6-7,10-11,14,17,19H2,1H3/b24-18+. The molecule has 0 N–H and O–H groups in total. The minimum atomic E-state index is -0.339. The average molecular weight is 391 g/mol. The highest BCUT2D eigenvalue weighted by Gasteiger charge is 2.17. The Labute approximate surface area is 173 Å². The summed E-state index contributed by atoms with van der Waals surface area (Å²) in [5.41, 5.74) is 3.69. The zero-order valence-corrected chi connectivity index (χ0v) is 17.2. The average Bonchev–Trinajstić information content (AvgIpc) is 2.78. The van der Waals surface area contributed by atoms with Gasteiger partial charge in [0.1, 0.15) is 0 Å². The van der Waals surface area contributed by atoms with Gasteiger partial charge in [0.05, 0.1) is 12.7 Å². The topological polar surface area (TPSA) is 43.4 Å². The Kier molecular flexibility index (Phi) is 7.80. The van der Waals surface area contributed by atoms with Crippen LogP contribution in [0.25, 0.3) is 0 Å². The lowest BCUT2D eigenvalue weighted by molar-refractivity contribution is -0.115. The molecule has 0 saturated heterocycles. The lowest BCUT2D eigenvalue weighted by Crippen LogP contribution is -2.11. The normalized spacial score (nSPS) is 15.1. The monoisotopic (exact) mass is 390 g/mol. The minimum Gasteiger partial charge on any atom is -0.465 e. The highest BCUT2D eigenvalue weighted by atomic mass is 16.5. The number of ether oxygens (including phenoxy) is 1. The minimum absolute atomic E-state index is 0.233. The third-order valence-corrected chi connectivity index (χ3v) is 5.70. The quantitative estimate of drug-likeness (QED) is 0.427. The van der Waals surface area contributed by atoms with Crippen molar-refractivity contribution >= 4 is 11.8 Å². The van der Waals surface area contributed by atoms with Crippen molar-refractivity contribution in [1.82, 2.24) is 0 Å². The second-order valence-electron chi connectivity index (χ2n) is 7.86. The summed E-state index contributed by atoms with van der Waals surface area (Å²) >= 11 is 0. The molecular formula is C26H30O3. The molecule has 0 aliphatic heterocycles. The maximum atomic E-state index is 13.1. The van der Waals surface area contributed by atoms with Crippen LogP contribution in [-0.4, -0.2) is 18.9 Å². The summed E-state index contributed by atoms with van der Waals surface area (Å²) in [6, 6.07) is 17.6. The second-order valence-corrected chi connectivity index (χ2v) is 7.86. The number of aryl methyl sites for hydroxylation is 1. The number of allylic oxidation sites excluding steroid dienone is 2. The Morgan fingerprint density at radius 1 is 0.931 bits per heavy atom. The Morgan fingerprint density at radius 2 is 1.62 bits per heavy atom. The first kappa shape index (κ1) is 21.0. The number of ketones is 1. The molecule has 0 radical (unpaired) electrons. The SMILES string of the molecule is COC(=O)c1ccc(C/C(=C\C2CCCCC2)C(=O)CCc2ccccc2)cc1. The van der Waals surface area contributed by atoms with E-state index in [0.717, 1.165) is 17.6 Å². The Balaban J connectivity index is 1.72. The van der Waals surface area contributed by atoms with E-state index in [-0.39, 0.29) is 11.8 Å². The van der Waals surface area contributed by atoms with Crippen LogP contribution in [0.2, 0.25) is 0 Å². The first-order valence-electron chi connectivity index (χ1n) is 10.6. The summed E-state index contributed by atoms with van der Waals surface area (Å²) in [4.78, 5) is 24.7. The predicted molar refractivity (Wildman–Crippen MR) is 116 cm³/mol. The van der Waals surface area contributed by atoms with Gasteiger partial charge in [0.2, 0.25) is 0 Å². The molecule has 0 unspecified atom stereocenters. The first-order chi connectivity index (χ1) is 14.2. The lowest BCUT2D eigenvalue weighted by Gasteiger charge is -2.20. The molecule has 0 aromatic heterocycles. The van der Waals surface area contributed by atoms with Gasteiger partial charge in [0, 0.05) is 12.8 Å². The van der Waals surface area contributed by atoms with Crippen LogP contribution >= 0.6 is 0 Å². The van der Waals surface area contributed by atoms with Crippen LogP contribution < -0.4 is 0 Å². The van der Waals surface area contributed by atoms with Gasteiger partial charge in [0.25, 0.3) is 0 Å². The van der Waals surface area contributed by atoms with Crippen molar-refractivity contribution in [3.8, 4) is 0 Å². The summed E-state index contributed by atoms with van der Waals surface area (Å²) < 4.78 is 4.77. The Hall–Kier alpha value is -2.68. The van der Waals surface area contributed by atoms with E-state index in [9.17, 15) is 9.59 Å². The lowest BCUT2D eigenvalue weighted by atomic mass is 9.85. The summed E-state index contributed by atoms with van der Waals surface area (Å²) in [5, 5.41) is 0. The molecular weight excluding hydrogens is 360 g/mol. The van der Waals surface area contributed by atoms with Crippen molar-refractivity contribution in [1.29, 1.82) is 0 Å². The van der Waals surface area contributed by atoms with E-state index >= 15 is 0 Å². The number of hydrogen-bond acceptors (Lipinski definition) is 3. The van der Waals surface area contributed by atoms with E-state index in [0.29, 0.717) is 24.3 Å². The fourth-order valence-corrected chi connectivity index (χ4v) is 4.00. The van der Waals surface area contributed by atoms with Crippen LogP contribution in [-0.2, 0) is 22.4 Å². The van der Waals surface area contributed by atoms with Crippen LogP contribution in [0, 0.1) is 5.92 Å². The molecule has 3 rings (SSSR count). The van der Waals surface area contributed by atoms with Gasteiger partial charge in [-0.3, -0.25) is 4.79 Å². The van der Waals surface area contributed by atoms with E-state index in [1.807, 2.05) is 30.3 Å². The van der Waals surface area contributed by atoms with Gasteiger partial charge in [-0.15, -0.1) is 0 Å². The largest absolute Gasteiger partial charge is 0.465 e. The number of benzene rings is 2. The number of carbonyl (C=O) groups is 2. The van der Waals surface area contributed by atoms with Crippen molar-refractivity contribution in [2.24, 2.45) is 5.92 Å². The molecule has 3 nitrogen and oxygen atoms in total. The molecule has 2 aromatic carbocycles. The third kappa shape index (κ3) is 6.42. The van der Waals surface area contributed by atoms with Crippen LogP contribution in [0.15, 0.2) is 66.2 Å². The molecule has 0 atom stereocenters. The summed E-state index contributed by atoms with van der Waals surface area (Å²) in [7, 11) is 1.38. The van der Waals surface area contributed by atoms with Gasteiger partial charge in [-0.2, -0.15) is 0 Å². The molecule has 152 valence electrons. The fourth-order valence-electron chi connectivity index (χ4n) is 4.00. The van der Waals surface area contributed by atoms with Crippen molar-refractivity contribution in [2.75, 3.05) is 7.11 Å². The molecule has 29 heavy (non-hydrogen) atoms. The zero-order chi connectivity index (χ0) is 20.5. The van der Waals surface area contributed by atoms with E-state index in [1.54, 1.807) is 12.1 Å². The van der Waals surface area contributed by atoms with Gasteiger partial charge < -0.3 is 4.74 Å². The molecule has 1 aliphatic rings. The molecule has 1 saturated carbocycles. The predicted octanol–water partition coefficient (Wildman–Crippen LogP) is 5.72. The fraction of sp³-hybridized carbons (Fsp3) is 0.385. The van der Waals surface area contributed by atoms with Crippen molar-refractivity contribution < 1.29 is 14.3 Å². The van der Waals surface area contributed by atoms with Gasteiger partial charge in [0.15, 0.2) is 5.78 Å². The third-order valence-electron chi connectivity index (χ3n) is 5.70. The highest BCUT2D eigenvalue weighted by Crippen LogP contribution is 2.27. The Bertz CT molecular complexity index is 828. The van der Waals surface area contributed by atoms with Crippen LogP contribution in [0.3, 0.4) is 0 Å². The van der Waals surface area contributed by atoms with Gasteiger partial charge in [-0.25, -0.2) is 4.79 Å². The van der Waals surface area contributed by atoms with Crippen molar-refractivity contribution in [3.05, 3.63) is 82.9 Å². The van der Waals surface area contributed by atoms with Gasteiger partial charge >= 0.3 is 5.97 Å². The van der Waals surface area contributed by atoms with E-state index in [1.165, 1.54) is 44.8 Å². The number of Topliss-reactive ketones (excluding diaryl/α,β-unsaturated/α-hetero) is 1. The molecule has 0 heterocycles. The van der Waals surface area contributed by atoms with E-state index in [2.05, 4.69) is 18.2 Å². The summed E-state index contributed by atoms with van der Waals surface area (Å²) in [6.07, 6.45) is 10.3. The summed E-state index contributed by atoms with van der Waals surface area (Å²) in [6.45, 7) is 0. The molecule has 0 amide bonds.